The van der Waals surface area contributed by atoms with Gasteiger partial charge in [0.2, 0.25) is 0 Å². The first-order valence-electron chi connectivity index (χ1n) is 19.8. The Hall–Kier alpha value is -1.02. The molecule has 0 bridgehead atoms. The van der Waals surface area contributed by atoms with Crippen molar-refractivity contribution >= 4 is 13.8 Å². The topological polar surface area (TPSA) is 117 Å². The van der Waals surface area contributed by atoms with Gasteiger partial charge in [-0.2, -0.15) is 0 Å². The minimum atomic E-state index is -4.27. The second-order valence-electron chi connectivity index (χ2n) is 13.1. The van der Waals surface area contributed by atoms with Crippen molar-refractivity contribution in [3.05, 3.63) is 24.3 Å². The average molecular weight is 702 g/mol. The molecule has 284 valence electrons. The molecule has 0 aliphatic heterocycles. The van der Waals surface area contributed by atoms with Gasteiger partial charge in [0.1, 0.15) is 6.10 Å². The Kier molecular flexibility index (Phi) is 36.4. The second-order valence-corrected chi connectivity index (χ2v) is 14.6. The monoisotopic (exact) mass is 702 g/mol. The van der Waals surface area contributed by atoms with Crippen LogP contribution in [0.3, 0.4) is 0 Å². The van der Waals surface area contributed by atoms with E-state index in [1.165, 1.54) is 116 Å². The summed E-state index contributed by atoms with van der Waals surface area (Å²) in [4.78, 5) is 22.3. The Morgan fingerprint density at radius 1 is 0.604 bits per heavy atom. The van der Waals surface area contributed by atoms with Gasteiger partial charge in [-0.3, -0.25) is 13.8 Å². The zero-order valence-electron chi connectivity index (χ0n) is 31.2. The number of esters is 1. The summed E-state index contributed by atoms with van der Waals surface area (Å²) in [6, 6.07) is 0. The van der Waals surface area contributed by atoms with Gasteiger partial charge < -0.3 is 20.1 Å². The number of ether oxygens (including phenoxy) is 2. The van der Waals surface area contributed by atoms with Crippen molar-refractivity contribution in [3.8, 4) is 0 Å². The summed E-state index contributed by atoms with van der Waals surface area (Å²) in [6.07, 6.45) is 39.1. The summed E-state index contributed by atoms with van der Waals surface area (Å²) in [5.74, 6) is -0.342. The molecule has 2 unspecified atom stereocenters. The van der Waals surface area contributed by atoms with Gasteiger partial charge in [-0.05, 0) is 57.8 Å². The van der Waals surface area contributed by atoms with Crippen LogP contribution >= 0.6 is 7.82 Å². The first-order valence-corrected chi connectivity index (χ1v) is 21.3. The third-order valence-electron chi connectivity index (χ3n) is 8.34. The van der Waals surface area contributed by atoms with Crippen LogP contribution in [0, 0.1) is 0 Å². The van der Waals surface area contributed by atoms with Crippen LogP contribution in [0.1, 0.15) is 181 Å². The van der Waals surface area contributed by atoms with E-state index in [0.29, 0.717) is 13.0 Å². The molecule has 0 aliphatic rings. The van der Waals surface area contributed by atoms with E-state index >= 15 is 0 Å². The maximum atomic E-state index is 12.5. The number of hydrogen-bond donors (Lipinski definition) is 2. The fourth-order valence-corrected chi connectivity index (χ4v) is 6.15. The van der Waals surface area contributed by atoms with Crippen molar-refractivity contribution < 1.29 is 32.8 Å². The summed E-state index contributed by atoms with van der Waals surface area (Å²) in [6.45, 7) is 4.87. The maximum Gasteiger partial charge on any atom is 0.472 e. The number of unbranched alkanes of at least 4 members (excludes halogenated alkanes) is 21. The Labute approximate surface area is 296 Å². The molecule has 0 rings (SSSR count). The molecule has 0 saturated carbocycles. The lowest BCUT2D eigenvalue weighted by atomic mass is 10.1. The first-order chi connectivity index (χ1) is 23.4. The van der Waals surface area contributed by atoms with Gasteiger partial charge in [0.25, 0.3) is 0 Å². The number of rotatable bonds is 38. The van der Waals surface area contributed by atoms with Crippen LogP contribution in [-0.4, -0.2) is 49.9 Å². The van der Waals surface area contributed by atoms with Gasteiger partial charge in [0.15, 0.2) is 0 Å². The van der Waals surface area contributed by atoms with Crippen LogP contribution in [0.15, 0.2) is 24.3 Å². The van der Waals surface area contributed by atoms with Gasteiger partial charge in [-0.15, -0.1) is 0 Å². The SMILES string of the molecule is CCCC/C=C\CCCCCCCC(=O)OC(COCCCCCCCCCC/C=C\CCCCCCCC)COP(=O)(O)OCCN. The number of phosphoric acid groups is 1. The number of allylic oxidation sites excluding steroid dienone is 4. The molecule has 0 aliphatic carbocycles. The van der Waals surface area contributed by atoms with Crippen molar-refractivity contribution in [2.24, 2.45) is 5.73 Å². The van der Waals surface area contributed by atoms with Gasteiger partial charge in [0, 0.05) is 19.6 Å². The van der Waals surface area contributed by atoms with Gasteiger partial charge in [-0.25, -0.2) is 4.57 Å². The summed E-state index contributed by atoms with van der Waals surface area (Å²) < 4.78 is 33.3. The fraction of sp³-hybridized carbons (Fsp3) is 0.872. The average Bonchev–Trinajstić information content (AvgIpc) is 3.07. The van der Waals surface area contributed by atoms with E-state index in [9.17, 15) is 14.3 Å². The van der Waals surface area contributed by atoms with Crippen LogP contribution in [0.4, 0.5) is 0 Å². The normalized spacial score (nSPS) is 13.8. The quantitative estimate of drug-likeness (QED) is 0.0283. The number of phosphoric ester groups is 1. The van der Waals surface area contributed by atoms with Gasteiger partial charge in [0.05, 0.1) is 19.8 Å². The highest BCUT2D eigenvalue weighted by Gasteiger charge is 2.25. The summed E-state index contributed by atoms with van der Waals surface area (Å²) in [5, 5.41) is 0. The van der Waals surface area contributed by atoms with E-state index in [1.54, 1.807) is 0 Å². The van der Waals surface area contributed by atoms with Crippen LogP contribution in [0.25, 0.3) is 0 Å². The molecule has 0 amide bonds. The third kappa shape index (κ3) is 36.3. The summed E-state index contributed by atoms with van der Waals surface area (Å²) in [7, 11) is -4.27. The molecule has 0 fully saturated rings. The van der Waals surface area contributed by atoms with E-state index in [2.05, 4.69) is 38.2 Å². The van der Waals surface area contributed by atoms with Gasteiger partial charge in [-0.1, -0.05) is 141 Å². The van der Waals surface area contributed by atoms with E-state index in [4.69, 9.17) is 24.3 Å². The molecule has 8 nitrogen and oxygen atoms in total. The van der Waals surface area contributed by atoms with Crippen molar-refractivity contribution in [1.82, 2.24) is 0 Å². The highest BCUT2D eigenvalue weighted by atomic mass is 31.2. The minimum absolute atomic E-state index is 0.0966. The maximum absolute atomic E-state index is 12.5. The first kappa shape index (κ1) is 47.0. The fourth-order valence-electron chi connectivity index (χ4n) is 5.38. The molecule has 48 heavy (non-hydrogen) atoms. The largest absolute Gasteiger partial charge is 0.472 e. The highest BCUT2D eigenvalue weighted by molar-refractivity contribution is 7.47. The molecular formula is C39H76NO7P. The molecular weight excluding hydrogens is 625 g/mol. The molecule has 0 aromatic rings. The molecule has 0 radical (unpaired) electrons. The number of carbonyl (C=O) groups excluding carboxylic acids is 1. The van der Waals surface area contributed by atoms with Gasteiger partial charge >= 0.3 is 13.8 Å². The van der Waals surface area contributed by atoms with Crippen LogP contribution in [0.2, 0.25) is 0 Å². The standard InChI is InChI=1S/C39H76NO7P/c1-3-5-7-9-11-13-15-16-17-18-19-20-21-23-25-27-29-31-34-44-36-38(37-46-48(42,43)45-35-33-40)47-39(41)32-30-28-26-24-22-14-12-10-8-6-4-2/h10,12,16-17,38H,3-9,11,13-15,18-37,40H2,1-2H3,(H,42,43)/b12-10-,17-16-. The van der Waals surface area contributed by atoms with Crippen molar-refractivity contribution in [2.75, 3.05) is 33.0 Å². The minimum Gasteiger partial charge on any atom is -0.457 e. The van der Waals surface area contributed by atoms with Crippen LogP contribution in [0.5, 0.6) is 0 Å². The smallest absolute Gasteiger partial charge is 0.457 e. The molecule has 0 aromatic carbocycles. The Balaban J connectivity index is 4.03. The molecule has 0 aromatic heterocycles. The van der Waals surface area contributed by atoms with Crippen molar-refractivity contribution in [2.45, 2.75) is 187 Å². The number of nitrogens with two attached hydrogens (primary N) is 1. The van der Waals surface area contributed by atoms with E-state index < -0.39 is 13.9 Å². The predicted octanol–water partition coefficient (Wildman–Crippen LogP) is 11.3. The lowest BCUT2D eigenvalue weighted by Gasteiger charge is -2.20. The highest BCUT2D eigenvalue weighted by Crippen LogP contribution is 2.43. The lowest BCUT2D eigenvalue weighted by molar-refractivity contribution is -0.154. The molecule has 9 heteroatoms. The third-order valence-corrected chi connectivity index (χ3v) is 9.33. The number of carbonyl (C=O) groups is 1. The lowest BCUT2D eigenvalue weighted by Crippen LogP contribution is -2.28. The Morgan fingerprint density at radius 3 is 1.58 bits per heavy atom. The summed E-state index contributed by atoms with van der Waals surface area (Å²) in [5.41, 5.74) is 5.35. The molecule has 0 heterocycles. The molecule has 0 spiro atoms. The molecule has 0 saturated heterocycles. The Bertz CT molecular complexity index is 792. The molecule has 2 atom stereocenters. The molecule has 3 N–H and O–H groups in total. The van der Waals surface area contributed by atoms with E-state index in [-0.39, 0.29) is 32.3 Å². The van der Waals surface area contributed by atoms with E-state index in [0.717, 1.165) is 44.9 Å². The summed E-state index contributed by atoms with van der Waals surface area (Å²) >= 11 is 0. The Morgan fingerprint density at radius 2 is 1.06 bits per heavy atom. The predicted molar refractivity (Wildman–Crippen MR) is 201 cm³/mol. The number of hydrogen-bond acceptors (Lipinski definition) is 7. The second kappa shape index (κ2) is 37.2. The zero-order chi connectivity index (χ0) is 35.2. The van der Waals surface area contributed by atoms with Crippen LogP contribution < -0.4 is 5.73 Å². The van der Waals surface area contributed by atoms with Crippen LogP contribution in [-0.2, 0) is 27.9 Å². The van der Waals surface area contributed by atoms with E-state index in [1.807, 2.05) is 0 Å². The van der Waals surface area contributed by atoms with Crippen molar-refractivity contribution in [1.29, 1.82) is 0 Å². The van der Waals surface area contributed by atoms with Crippen molar-refractivity contribution in [3.63, 3.8) is 0 Å². The zero-order valence-corrected chi connectivity index (χ0v) is 32.1.